The van der Waals surface area contributed by atoms with Crippen molar-refractivity contribution in [3.05, 3.63) is 12.2 Å². The standard InChI is InChI=1S/C21H37NO3/c1-2-25-21(24)14-8-7-13-20(17-23)22(15-18-9-3-4-10-18)16-19-11-5-6-12-19/h8,14,18-20,23H,2-7,9-13,15-17H2,1H3/t20-/m1/s1. The summed E-state index contributed by atoms with van der Waals surface area (Å²) in [5.41, 5.74) is 0. The molecular formula is C21H37NO3. The van der Waals surface area contributed by atoms with Crippen LogP contribution >= 0.6 is 0 Å². The quantitative estimate of drug-likeness (QED) is 0.453. The second kappa shape index (κ2) is 11.7. The number of aliphatic hydroxyl groups is 1. The maximum absolute atomic E-state index is 11.4. The lowest BCUT2D eigenvalue weighted by atomic mass is 10.0. The van der Waals surface area contributed by atoms with Gasteiger partial charge in [-0.05, 0) is 57.3 Å². The molecule has 4 heteroatoms. The molecule has 1 N–H and O–H groups in total. The predicted octanol–water partition coefficient (Wildman–Crippen LogP) is 3.93. The van der Waals surface area contributed by atoms with E-state index in [9.17, 15) is 9.90 Å². The lowest BCUT2D eigenvalue weighted by molar-refractivity contribution is -0.137. The summed E-state index contributed by atoms with van der Waals surface area (Å²) < 4.78 is 4.91. The molecule has 0 saturated heterocycles. The van der Waals surface area contributed by atoms with Crippen molar-refractivity contribution in [3.8, 4) is 0 Å². The molecule has 2 aliphatic carbocycles. The average Bonchev–Trinajstić information content (AvgIpc) is 3.29. The van der Waals surface area contributed by atoms with Crippen LogP contribution in [-0.4, -0.2) is 48.3 Å². The Morgan fingerprint density at radius 2 is 1.68 bits per heavy atom. The second-order valence-corrected chi connectivity index (χ2v) is 7.82. The molecule has 0 aromatic heterocycles. The fourth-order valence-corrected chi connectivity index (χ4v) is 4.47. The summed E-state index contributed by atoms with van der Waals surface area (Å²) in [5, 5.41) is 9.98. The lowest BCUT2D eigenvalue weighted by Gasteiger charge is -2.34. The van der Waals surface area contributed by atoms with E-state index in [4.69, 9.17) is 4.74 Å². The minimum atomic E-state index is -0.267. The number of hydrogen-bond donors (Lipinski definition) is 1. The molecule has 25 heavy (non-hydrogen) atoms. The summed E-state index contributed by atoms with van der Waals surface area (Å²) in [6.45, 7) is 4.73. The molecule has 0 bridgehead atoms. The minimum Gasteiger partial charge on any atom is -0.463 e. The molecule has 2 rings (SSSR count). The number of allylic oxidation sites excluding steroid dienone is 1. The van der Waals surface area contributed by atoms with Crippen LogP contribution in [0.2, 0.25) is 0 Å². The van der Waals surface area contributed by atoms with Gasteiger partial charge in [0.25, 0.3) is 0 Å². The van der Waals surface area contributed by atoms with Gasteiger partial charge in [-0.2, -0.15) is 0 Å². The van der Waals surface area contributed by atoms with E-state index < -0.39 is 0 Å². The third-order valence-corrected chi connectivity index (χ3v) is 5.87. The number of esters is 1. The second-order valence-electron chi connectivity index (χ2n) is 7.82. The van der Waals surface area contributed by atoms with Crippen LogP contribution in [0.25, 0.3) is 0 Å². The van der Waals surface area contributed by atoms with Crippen molar-refractivity contribution in [3.63, 3.8) is 0 Å². The van der Waals surface area contributed by atoms with Crippen molar-refractivity contribution in [2.45, 2.75) is 77.2 Å². The minimum absolute atomic E-state index is 0.215. The number of ether oxygens (including phenoxy) is 1. The average molecular weight is 352 g/mol. The van der Waals surface area contributed by atoms with Gasteiger partial charge in [-0.25, -0.2) is 4.79 Å². The smallest absolute Gasteiger partial charge is 0.330 e. The number of nitrogens with zero attached hydrogens (tertiary/aromatic N) is 1. The first-order valence-electron chi connectivity index (χ1n) is 10.4. The Kier molecular flexibility index (Phi) is 9.56. The van der Waals surface area contributed by atoms with Crippen molar-refractivity contribution in [2.24, 2.45) is 11.8 Å². The van der Waals surface area contributed by atoms with E-state index in [-0.39, 0.29) is 18.6 Å². The molecule has 2 fully saturated rings. The monoisotopic (exact) mass is 351 g/mol. The normalized spacial score (nSPS) is 20.8. The van der Waals surface area contributed by atoms with E-state index in [2.05, 4.69) is 4.90 Å². The maximum Gasteiger partial charge on any atom is 0.330 e. The Bertz CT molecular complexity index is 380. The molecule has 0 radical (unpaired) electrons. The SMILES string of the molecule is CCOC(=O)C=CCC[C@H](CO)N(CC1CCCC1)CC1CCCC1. The summed E-state index contributed by atoms with van der Waals surface area (Å²) in [7, 11) is 0. The van der Waals surface area contributed by atoms with E-state index in [0.29, 0.717) is 6.61 Å². The van der Waals surface area contributed by atoms with Crippen molar-refractivity contribution < 1.29 is 14.6 Å². The number of carbonyl (C=O) groups is 1. The van der Waals surface area contributed by atoms with Crippen LogP contribution in [0.3, 0.4) is 0 Å². The first kappa shape index (κ1) is 20.4. The van der Waals surface area contributed by atoms with Gasteiger partial charge in [0.2, 0.25) is 0 Å². The number of carbonyl (C=O) groups excluding carboxylic acids is 1. The van der Waals surface area contributed by atoms with Crippen LogP contribution in [0.4, 0.5) is 0 Å². The van der Waals surface area contributed by atoms with Crippen LogP contribution in [0.5, 0.6) is 0 Å². The van der Waals surface area contributed by atoms with Crippen LogP contribution in [0, 0.1) is 11.8 Å². The van der Waals surface area contributed by atoms with Crippen molar-refractivity contribution in [1.82, 2.24) is 4.90 Å². The molecule has 0 aromatic carbocycles. The highest BCUT2D eigenvalue weighted by Crippen LogP contribution is 2.30. The molecule has 0 amide bonds. The van der Waals surface area contributed by atoms with Gasteiger partial charge in [0.15, 0.2) is 0 Å². The van der Waals surface area contributed by atoms with Gasteiger partial charge in [-0.15, -0.1) is 0 Å². The number of rotatable bonds is 11. The Morgan fingerprint density at radius 1 is 1.12 bits per heavy atom. The highest BCUT2D eigenvalue weighted by atomic mass is 16.5. The first-order valence-corrected chi connectivity index (χ1v) is 10.4. The van der Waals surface area contributed by atoms with E-state index in [1.807, 2.05) is 13.0 Å². The summed E-state index contributed by atoms with van der Waals surface area (Å²) in [6, 6.07) is 0.216. The van der Waals surface area contributed by atoms with E-state index in [1.165, 1.54) is 57.4 Å². The summed E-state index contributed by atoms with van der Waals surface area (Å²) >= 11 is 0. The van der Waals surface area contributed by atoms with Gasteiger partial charge in [0, 0.05) is 25.2 Å². The van der Waals surface area contributed by atoms with Gasteiger partial charge < -0.3 is 9.84 Å². The Hall–Kier alpha value is -0.870. The van der Waals surface area contributed by atoms with Gasteiger partial charge in [0.05, 0.1) is 13.2 Å². The number of aliphatic hydroxyl groups excluding tert-OH is 1. The zero-order valence-electron chi connectivity index (χ0n) is 16.0. The van der Waals surface area contributed by atoms with Crippen molar-refractivity contribution in [1.29, 1.82) is 0 Å². The fraction of sp³-hybridized carbons (Fsp3) is 0.857. The highest BCUT2D eigenvalue weighted by molar-refractivity contribution is 5.81. The Labute approximate surface area is 153 Å². The van der Waals surface area contributed by atoms with Gasteiger partial charge in [-0.3, -0.25) is 4.90 Å². The molecule has 4 nitrogen and oxygen atoms in total. The third kappa shape index (κ3) is 7.49. The molecule has 0 heterocycles. The molecular weight excluding hydrogens is 314 g/mol. The number of hydrogen-bond acceptors (Lipinski definition) is 4. The summed E-state index contributed by atoms with van der Waals surface area (Å²) in [6.07, 6.45) is 16.0. The van der Waals surface area contributed by atoms with E-state index >= 15 is 0 Å². The Morgan fingerprint density at radius 3 is 2.16 bits per heavy atom. The topological polar surface area (TPSA) is 49.8 Å². The molecule has 1 atom stereocenters. The lowest BCUT2D eigenvalue weighted by Crippen LogP contribution is -2.43. The van der Waals surface area contributed by atoms with Gasteiger partial charge in [-0.1, -0.05) is 31.8 Å². The van der Waals surface area contributed by atoms with Crippen LogP contribution in [0.1, 0.15) is 71.1 Å². The summed E-state index contributed by atoms with van der Waals surface area (Å²) in [5.74, 6) is 1.35. The van der Waals surface area contributed by atoms with Crippen LogP contribution < -0.4 is 0 Å². The van der Waals surface area contributed by atoms with Gasteiger partial charge >= 0.3 is 5.97 Å². The molecule has 0 aliphatic heterocycles. The van der Waals surface area contributed by atoms with Gasteiger partial charge in [0.1, 0.15) is 0 Å². The largest absolute Gasteiger partial charge is 0.463 e. The molecule has 2 aliphatic rings. The molecule has 0 aromatic rings. The fourth-order valence-electron chi connectivity index (χ4n) is 4.47. The van der Waals surface area contributed by atoms with E-state index in [0.717, 1.165) is 37.8 Å². The maximum atomic E-state index is 11.4. The Balaban J connectivity index is 1.85. The molecule has 0 spiro atoms. The predicted molar refractivity (Wildman–Crippen MR) is 101 cm³/mol. The van der Waals surface area contributed by atoms with Crippen molar-refractivity contribution in [2.75, 3.05) is 26.3 Å². The van der Waals surface area contributed by atoms with E-state index in [1.54, 1.807) is 0 Å². The molecule has 144 valence electrons. The van der Waals surface area contributed by atoms with Crippen molar-refractivity contribution >= 4 is 5.97 Å². The molecule has 0 unspecified atom stereocenters. The van der Waals surface area contributed by atoms with Crippen LogP contribution in [0.15, 0.2) is 12.2 Å². The third-order valence-electron chi connectivity index (χ3n) is 5.87. The molecule has 2 saturated carbocycles. The highest BCUT2D eigenvalue weighted by Gasteiger charge is 2.27. The van der Waals surface area contributed by atoms with Crippen LogP contribution in [-0.2, 0) is 9.53 Å². The summed E-state index contributed by atoms with van der Waals surface area (Å²) in [4.78, 5) is 14.0. The zero-order valence-corrected chi connectivity index (χ0v) is 16.0. The first-order chi connectivity index (χ1) is 12.2. The zero-order chi connectivity index (χ0) is 17.9.